The highest BCUT2D eigenvalue weighted by molar-refractivity contribution is 7.92. The summed E-state index contributed by atoms with van der Waals surface area (Å²) in [6, 6.07) is 15.4. The molecule has 0 spiro atoms. The Morgan fingerprint density at radius 3 is 2.44 bits per heavy atom. The molecule has 1 aliphatic rings. The lowest BCUT2D eigenvalue weighted by molar-refractivity contribution is -0.385. The number of nitro benzene ring substituents is 1. The zero-order valence-corrected chi connectivity index (χ0v) is 19.5. The summed E-state index contributed by atoms with van der Waals surface area (Å²) in [5, 5.41) is 11.2. The fraction of sp³-hybridized carbons (Fsp3) is 0.250. The van der Waals surface area contributed by atoms with Crippen molar-refractivity contribution in [1.29, 1.82) is 0 Å². The minimum atomic E-state index is -4.05. The SMILES string of the molecule is Cc1ccc(S(=O)(=O)Nc2ccc(C(=O)N(C3CC3)C(C)c3ccccn3)cc2)cc1[N+](=O)[O-]. The minimum absolute atomic E-state index is 0.149. The maximum atomic E-state index is 13.3. The van der Waals surface area contributed by atoms with Gasteiger partial charge >= 0.3 is 0 Å². The molecule has 3 aromatic rings. The number of carbonyl (C=O) groups is 1. The van der Waals surface area contributed by atoms with Crippen molar-refractivity contribution in [3.05, 3.63) is 93.8 Å². The lowest BCUT2D eigenvalue weighted by Gasteiger charge is -2.29. The van der Waals surface area contributed by atoms with E-state index in [0.717, 1.165) is 24.6 Å². The van der Waals surface area contributed by atoms with Crippen molar-refractivity contribution in [2.45, 2.75) is 43.7 Å². The number of nitrogens with one attached hydrogen (secondary N) is 1. The lowest BCUT2D eigenvalue weighted by Crippen LogP contribution is -2.35. The number of aryl methyl sites for hydroxylation is 1. The third-order valence-electron chi connectivity index (χ3n) is 5.78. The molecule has 1 fully saturated rings. The monoisotopic (exact) mass is 480 g/mol. The molecule has 1 aromatic heterocycles. The molecule has 2 aromatic carbocycles. The van der Waals surface area contributed by atoms with Crippen LogP contribution in [-0.2, 0) is 10.0 Å². The molecule has 9 nitrogen and oxygen atoms in total. The van der Waals surface area contributed by atoms with Gasteiger partial charge in [0.15, 0.2) is 0 Å². The van der Waals surface area contributed by atoms with E-state index in [9.17, 15) is 23.3 Å². The molecule has 1 N–H and O–H groups in total. The van der Waals surface area contributed by atoms with Gasteiger partial charge in [-0.2, -0.15) is 0 Å². The summed E-state index contributed by atoms with van der Waals surface area (Å²) in [5.41, 5.74) is 1.58. The molecule has 0 saturated heterocycles. The van der Waals surface area contributed by atoms with Crippen LogP contribution in [0.3, 0.4) is 0 Å². The first-order valence-corrected chi connectivity index (χ1v) is 12.3. The normalized spacial score (nSPS) is 14.3. The Morgan fingerprint density at radius 1 is 1.15 bits per heavy atom. The molecular weight excluding hydrogens is 456 g/mol. The number of hydrogen-bond acceptors (Lipinski definition) is 6. The van der Waals surface area contributed by atoms with Crippen LogP contribution < -0.4 is 4.72 Å². The zero-order valence-electron chi connectivity index (χ0n) is 18.7. The molecule has 0 bridgehead atoms. The van der Waals surface area contributed by atoms with Crippen molar-refractivity contribution in [2.75, 3.05) is 4.72 Å². The van der Waals surface area contributed by atoms with Crippen molar-refractivity contribution in [2.24, 2.45) is 0 Å². The first kappa shape index (κ1) is 23.4. The third kappa shape index (κ3) is 4.91. The van der Waals surface area contributed by atoms with E-state index < -0.39 is 14.9 Å². The summed E-state index contributed by atoms with van der Waals surface area (Å²) in [7, 11) is -4.05. The second kappa shape index (κ2) is 9.22. The molecule has 4 rings (SSSR count). The van der Waals surface area contributed by atoms with Crippen molar-refractivity contribution < 1.29 is 18.1 Å². The molecule has 0 radical (unpaired) electrons. The number of aromatic nitrogens is 1. The van der Waals surface area contributed by atoms with Gasteiger partial charge in [-0.3, -0.25) is 24.6 Å². The number of rotatable bonds is 8. The first-order chi connectivity index (χ1) is 16.2. The second-order valence-corrected chi connectivity index (χ2v) is 9.94. The predicted octanol–water partition coefficient (Wildman–Crippen LogP) is 4.46. The summed E-state index contributed by atoms with van der Waals surface area (Å²) in [6.45, 7) is 3.49. The average Bonchev–Trinajstić information content (AvgIpc) is 3.65. The molecule has 1 heterocycles. The lowest BCUT2D eigenvalue weighted by atomic mass is 10.1. The van der Waals surface area contributed by atoms with Crippen LogP contribution >= 0.6 is 0 Å². The van der Waals surface area contributed by atoms with Crippen LogP contribution in [0.25, 0.3) is 0 Å². The third-order valence-corrected chi connectivity index (χ3v) is 7.16. The Labute approximate surface area is 197 Å². The van der Waals surface area contributed by atoms with Crippen LogP contribution in [-0.4, -0.2) is 35.2 Å². The van der Waals surface area contributed by atoms with Crippen LogP contribution in [0.4, 0.5) is 11.4 Å². The molecule has 1 atom stereocenters. The molecule has 1 saturated carbocycles. The fourth-order valence-corrected chi connectivity index (χ4v) is 4.85. The quantitative estimate of drug-likeness (QED) is 0.375. The Kier molecular flexibility index (Phi) is 6.34. The largest absolute Gasteiger partial charge is 0.327 e. The van der Waals surface area contributed by atoms with Crippen LogP contribution in [0.1, 0.15) is 47.4 Å². The summed E-state index contributed by atoms with van der Waals surface area (Å²) in [5.74, 6) is -0.149. The van der Waals surface area contributed by atoms with Gasteiger partial charge < -0.3 is 4.90 Å². The van der Waals surface area contributed by atoms with Gasteiger partial charge in [-0.1, -0.05) is 12.1 Å². The summed E-state index contributed by atoms with van der Waals surface area (Å²) in [4.78, 5) is 29.8. The number of sulfonamides is 1. The van der Waals surface area contributed by atoms with E-state index in [4.69, 9.17) is 0 Å². The summed E-state index contributed by atoms with van der Waals surface area (Å²) < 4.78 is 27.9. The van der Waals surface area contributed by atoms with E-state index in [0.29, 0.717) is 11.1 Å². The van der Waals surface area contributed by atoms with Gasteiger partial charge in [-0.25, -0.2) is 8.42 Å². The zero-order chi connectivity index (χ0) is 24.5. The van der Waals surface area contributed by atoms with Crippen molar-refractivity contribution >= 4 is 27.3 Å². The average molecular weight is 481 g/mol. The van der Waals surface area contributed by atoms with Gasteiger partial charge in [0.1, 0.15) is 0 Å². The number of nitrogens with zero attached hydrogens (tertiary/aromatic N) is 3. The van der Waals surface area contributed by atoms with E-state index in [1.807, 2.05) is 30.0 Å². The smallest absolute Gasteiger partial charge is 0.273 e. The van der Waals surface area contributed by atoms with E-state index in [1.165, 1.54) is 31.2 Å². The number of pyridine rings is 1. The highest BCUT2D eigenvalue weighted by Crippen LogP contribution is 2.35. The van der Waals surface area contributed by atoms with E-state index in [2.05, 4.69) is 9.71 Å². The van der Waals surface area contributed by atoms with Crippen LogP contribution in [0.5, 0.6) is 0 Å². The van der Waals surface area contributed by atoms with Crippen LogP contribution in [0, 0.1) is 17.0 Å². The molecule has 0 aliphatic heterocycles. The first-order valence-electron chi connectivity index (χ1n) is 10.8. The van der Waals surface area contributed by atoms with Gasteiger partial charge in [0.2, 0.25) is 0 Å². The Balaban J connectivity index is 1.53. The summed E-state index contributed by atoms with van der Waals surface area (Å²) in [6.07, 6.45) is 3.57. The molecule has 34 heavy (non-hydrogen) atoms. The van der Waals surface area contributed by atoms with E-state index >= 15 is 0 Å². The number of carbonyl (C=O) groups excluding carboxylic acids is 1. The molecule has 1 amide bonds. The van der Waals surface area contributed by atoms with Gasteiger partial charge in [0.25, 0.3) is 21.6 Å². The van der Waals surface area contributed by atoms with E-state index in [-0.39, 0.29) is 34.3 Å². The van der Waals surface area contributed by atoms with Crippen LogP contribution in [0.2, 0.25) is 0 Å². The maximum Gasteiger partial charge on any atom is 0.273 e. The number of amides is 1. The maximum absolute atomic E-state index is 13.3. The molecule has 10 heteroatoms. The van der Waals surface area contributed by atoms with Gasteiger partial charge in [-0.15, -0.1) is 0 Å². The number of anilines is 1. The number of nitro groups is 1. The highest BCUT2D eigenvalue weighted by Gasteiger charge is 2.37. The minimum Gasteiger partial charge on any atom is -0.327 e. The Bertz CT molecular complexity index is 1320. The van der Waals surface area contributed by atoms with Gasteiger partial charge in [0, 0.05) is 35.1 Å². The van der Waals surface area contributed by atoms with Gasteiger partial charge in [-0.05, 0) is 69.2 Å². The number of benzene rings is 2. The standard InChI is InChI=1S/C24H24N4O5S/c1-16-6-13-21(15-23(16)28(30)31)34(32,33)26-19-9-7-18(8-10-19)24(29)27(20-11-12-20)17(2)22-5-3-4-14-25-22/h3-10,13-15,17,20,26H,11-12H2,1-2H3. The van der Waals surface area contributed by atoms with Crippen LogP contribution in [0.15, 0.2) is 71.8 Å². The second-order valence-electron chi connectivity index (χ2n) is 8.26. The number of hydrogen-bond donors (Lipinski definition) is 1. The molecular formula is C24H24N4O5S. The highest BCUT2D eigenvalue weighted by atomic mass is 32.2. The van der Waals surface area contributed by atoms with E-state index in [1.54, 1.807) is 18.3 Å². The molecule has 1 aliphatic carbocycles. The fourth-order valence-electron chi connectivity index (χ4n) is 3.77. The Hall–Kier alpha value is -3.79. The predicted molar refractivity (Wildman–Crippen MR) is 127 cm³/mol. The molecule has 1 unspecified atom stereocenters. The molecule has 176 valence electrons. The van der Waals surface area contributed by atoms with Crippen molar-refractivity contribution in [1.82, 2.24) is 9.88 Å². The topological polar surface area (TPSA) is 123 Å². The Morgan fingerprint density at radius 2 is 1.85 bits per heavy atom. The van der Waals surface area contributed by atoms with Crippen molar-refractivity contribution in [3.63, 3.8) is 0 Å². The van der Waals surface area contributed by atoms with Gasteiger partial charge in [0.05, 0.1) is 21.6 Å². The summed E-state index contributed by atoms with van der Waals surface area (Å²) >= 11 is 0. The van der Waals surface area contributed by atoms with Crippen molar-refractivity contribution in [3.8, 4) is 0 Å².